The van der Waals surface area contributed by atoms with Crippen LogP contribution in [0.5, 0.6) is 0 Å². The van der Waals surface area contributed by atoms with Crippen LogP contribution in [0.25, 0.3) is 0 Å². The average Bonchev–Trinajstić information content (AvgIpc) is 2.55. The van der Waals surface area contributed by atoms with Crippen molar-refractivity contribution in [3.8, 4) is 0 Å². The molecule has 8 heteroatoms. The van der Waals surface area contributed by atoms with Gasteiger partial charge >= 0.3 is 17.9 Å². The van der Waals surface area contributed by atoms with E-state index >= 15 is 0 Å². The number of thioether (sulfide) groups is 1. The van der Waals surface area contributed by atoms with Crippen molar-refractivity contribution in [2.75, 3.05) is 6.61 Å². The first-order valence-corrected chi connectivity index (χ1v) is 9.08. The lowest BCUT2D eigenvalue weighted by atomic mass is 10.0. The molecule has 0 spiro atoms. The summed E-state index contributed by atoms with van der Waals surface area (Å²) in [5, 5.41) is 0. The minimum absolute atomic E-state index is 0.100. The monoisotopic (exact) mass is 382 g/mol. The van der Waals surface area contributed by atoms with Gasteiger partial charge in [-0.05, 0) is 12.1 Å². The lowest BCUT2D eigenvalue weighted by Gasteiger charge is -2.39. The quantitative estimate of drug-likeness (QED) is 0.547. The van der Waals surface area contributed by atoms with Gasteiger partial charge in [-0.1, -0.05) is 30.0 Å². The third-order valence-corrected chi connectivity index (χ3v) is 4.68. The molecular weight excluding hydrogens is 360 g/mol. The number of hydrogen-bond donors (Lipinski definition) is 0. The Bertz CT molecular complexity index is 634. The minimum atomic E-state index is -0.844. The summed E-state index contributed by atoms with van der Waals surface area (Å²) >= 11 is 1.46. The standard InChI is InChI=1S/C18H22O7S/c1-11(19)22-10-16-18(24-13(3)21)15(23-12(2)20)9-17(25-16)26-14-7-5-4-6-8-14/h4-8,15-18H,9-10H2,1-3H3/t15-,16-,17+,18+/m1/s1. The summed E-state index contributed by atoms with van der Waals surface area (Å²) < 4.78 is 21.7. The highest BCUT2D eigenvalue weighted by atomic mass is 32.2. The molecule has 0 amide bonds. The topological polar surface area (TPSA) is 88.1 Å². The van der Waals surface area contributed by atoms with Gasteiger partial charge in [0.15, 0.2) is 6.10 Å². The van der Waals surface area contributed by atoms with Crippen LogP contribution in [0.15, 0.2) is 35.2 Å². The summed E-state index contributed by atoms with van der Waals surface area (Å²) in [4.78, 5) is 35.1. The van der Waals surface area contributed by atoms with E-state index in [0.717, 1.165) is 4.90 Å². The predicted molar refractivity (Wildman–Crippen MR) is 93.3 cm³/mol. The zero-order valence-corrected chi connectivity index (χ0v) is 15.7. The summed E-state index contributed by atoms with van der Waals surface area (Å²) in [5.74, 6) is -1.49. The fourth-order valence-electron chi connectivity index (χ4n) is 2.62. The summed E-state index contributed by atoms with van der Waals surface area (Å²) in [6, 6.07) is 9.61. The molecule has 7 nitrogen and oxygen atoms in total. The Morgan fingerprint density at radius 2 is 1.69 bits per heavy atom. The summed E-state index contributed by atoms with van der Waals surface area (Å²) in [6.07, 6.45) is -1.93. The second-order valence-electron chi connectivity index (χ2n) is 5.80. The van der Waals surface area contributed by atoms with Gasteiger partial charge in [-0.3, -0.25) is 14.4 Å². The fraction of sp³-hybridized carbons (Fsp3) is 0.500. The van der Waals surface area contributed by atoms with Gasteiger partial charge in [0.25, 0.3) is 0 Å². The van der Waals surface area contributed by atoms with Gasteiger partial charge in [0.2, 0.25) is 0 Å². The predicted octanol–water partition coefficient (Wildman–Crippen LogP) is 2.32. The van der Waals surface area contributed by atoms with Gasteiger partial charge < -0.3 is 18.9 Å². The van der Waals surface area contributed by atoms with Gasteiger partial charge in [0.1, 0.15) is 24.3 Å². The molecule has 1 aliphatic heterocycles. The first kappa shape index (κ1) is 20.3. The molecule has 0 aromatic heterocycles. The summed E-state index contributed by atoms with van der Waals surface area (Å²) in [7, 11) is 0. The normalized spacial score (nSPS) is 25.2. The highest BCUT2D eigenvalue weighted by Crippen LogP contribution is 2.35. The van der Waals surface area contributed by atoms with Crippen LogP contribution in [0.2, 0.25) is 0 Å². The van der Waals surface area contributed by atoms with Crippen molar-refractivity contribution in [1.82, 2.24) is 0 Å². The van der Waals surface area contributed by atoms with Crippen molar-refractivity contribution >= 4 is 29.7 Å². The Hall–Kier alpha value is -2.06. The van der Waals surface area contributed by atoms with Gasteiger partial charge in [0, 0.05) is 32.1 Å². The van der Waals surface area contributed by atoms with Crippen molar-refractivity contribution in [3.05, 3.63) is 30.3 Å². The van der Waals surface area contributed by atoms with Crippen LogP contribution in [0.3, 0.4) is 0 Å². The van der Waals surface area contributed by atoms with Crippen molar-refractivity contribution in [2.24, 2.45) is 0 Å². The van der Waals surface area contributed by atoms with Crippen LogP contribution in [0.1, 0.15) is 27.2 Å². The molecule has 0 unspecified atom stereocenters. The van der Waals surface area contributed by atoms with Crippen LogP contribution >= 0.6 is 11.8 Å². The third-order valence-electron chi connectivity index (χ3n) is 3.57. The second kappa shape index (κ2) is 9.59. The minimum Gasteiger partial charge on any atom is -0.463 e. The van der Waals surface area contributed by atoms with Crippen molar-refractivity contribution in [3.63, 3.8) is 0 Å². The van der Waals surface area contributed by atoms with Crippen LogP contribution in [0, 0.1) is 0 Å². The van der Waals surface area contributed by atoms with E-state index in [1.807, 2.05) is 30.3 Å². The zero-order valence-electron chi connectivity index (χ0n) is 14.9. The van der Waals surface area contributed by atoms with Gasteiger partial charge in [-0.15, -0.1) is 0 Å². The second-order valence-corrected chi connectivity index (χ2v) is 7.03. The first-order valence-electron chi connectivity index (χ1n) is 8.20. The molecule has 1 aliphatic rings. The van der Waals surface area contributed by atoms with Gasteiger partial charge in [-0.25, -0.2) is 0 Å². The summed E-state index contributed by atoms with van der Waals surface area (Å²) in [5.41, 5.74) is -0.353. The Morgan fingerprint density at radius 1 is 1.04 bits per heavy atom. The first-order chi connectivity index (χ1) is 12.3. The maximum Gasteiger partial charge on any atom is 0.303 e. The van der Waals surface area contributed by atoms with Crippen LogP contribution in [-0.4, -0.2) is 48.3 Å². The van der Waals surface area contributed by atoms with Crippen LogP contribution in [0.4, 0.5) is 0 Å². The van der Waals surface area contributed by atoms with Crippen molar-refractivity contribution in [1.29, 1.82) is 0 Å². The van der Waals surface area contributed by atoms with E-state index in [-0.39, 0.29) is 12.0 Å². The van der Waals surface area contributed by atoms with E-state index in [0.29, 0.717) is 6.42 Å². The molecule has 0 aliphatic carbocycles. The van der Waals surface area contributed by atoms with E-state index in [9.17, 15) is 14.4 Å². The largest absolute Gasteiger partial charge is 0.463 e. The summed E-state index contributed by atoms with van der Waals surface area (Å²) in [6.45, 7) is 3.74. The van der Waals surface area contributed by atoms with Crippen molar-refractivity contribution < 1.29 is 33.3 Å². The Balaban J connectivity index is 2.18. The van der Waals surface area contributed by atoms with Gasteiger partial charge in [-0.2, -0.15) is 0 Å². The van der Waals surface area contributed by atoms with Crippen LogP contribution in [-0.2, 0) is 33.3 Å². The Morgan fingerprint density at radius 3 is 2.27 bits per heavy atom. The number of carbonyl (C=O) groups excluding carboxylic acids is 3. The van der Waals surface area contributed by atoms with E-state index in [2.05, 4.69) is 0 Å². The molecule has 0 saturated carbocycles. The molecule has 2 rings (SSSR count). The smallest absolute Gasteiger partial charge is 0.303 e. The molecule has 0 radical (unpaired) electrons. The van der Waals surface area contributed by atoms with Gasteiger partial charge in [0.05, 0.1) is 0 Å². The molecule has 0 N–H and O–H groups in total. The highest BCUT2D eigenvalue weighted by Gasteiger charge is 2.43. The molecule has 1 saturated heterocycles. The SMILES string of the molecule is CC(=O)OC[C@H]1O[C@@H](Sc2ccccc2)C[C@@H](OC(C)=O)[C@@H]1OC(C)=O. The van der Waals surface area contributed by atoms with E-state index in [4.69, 9.17) is 18.9 Å². The van der Waals surface area contributed by atoms with E-state index < -0.39 is 36.2 Å². The van der Waals surface area contributed by atoms with Crippen LogP contribution < -0.4 is 0 Å². The molecule has 142 valence electrons. The maximum atomic E-state index is 11.5. The van der Waals surface area contributed by atoms with E-state index in [1.54, 1.807) is 0 Å². The number of carbonyl (C=O) groups is 3. The molecular formula is C18H22O7S. The van der Waals surface area contributed by atoms with Crippen molar-refractivity contribution in [2.45, 2.75) is 55.8 Å². The zero-order chi connectivity index (χ0) is 19.1. The molecule has 1 aromatic rings. The third kappa shape index (κ3) is 6.34. The maximum absolute atomic E-state index is 11.5. The fourth-order valence-corrected chi connectivity index (χ4v) is 3.73. The number of rotatable bonds is 6. The lowest BCUT2D eigenvalue weighted by Crippen LogP contribution is -2.53. The lowest BCUT2D eigenvalue weighted by molar-refractivity contribution is -0.204. The molecule has 1 fully saturated rings. The Kier molecular flexibility index (Phi) is 7.47. The molecule has 1 aromatic carbocycles. The highest BCUT2D eigenvalue weighted by molar-refractivity contribution is 7.99. The molecule has 0 bridgehead atoms. The molecule has 26 heavy (non-hydrogen) atoms. The average molecular weight is 382 g/mol. The molecule has 1 heterocycles. The van der Waals surface area contributed by atoms with E-state index in [1.165, 1.54) is 32.5 Å². The molecule has 4 atom stereocenters. The Labute approximate surface area is 156 Å². The number of ether oxygens (including phenoxy) is 4. The number of benzene rings is 1. The number of esters is 3. The number of hydrogen-bond acceptors (Lipinski definition) is 8.